The van der Waals surface area contributed by atoms with Crippen LogP contribution in [0.2, 0.25) is 0 Å². The zero-order valence-electron chi connectivity index (χ0n) is 18.4. The van der Waals surface area contributed by atoms with Crippen LogP contribution in [0.4, 0.5) is 5.82 Å². The largest absolute Gasteiger partial charge is 0.477 e. The van der Waals surface area contributed by atoms with E-state index in [9.17, 15) is 24.7 Å². The Kier molecular flexibility index (Phi) is 8.35. The molecule has 2 amide bonds. The first kappa shape index (κ1) is 26.2. The Morgan fingerprint density at radius 2 is 2.14 bits per heavy atom. The van der Waals surface area contributed by atoms with Crippen LogP contribution in [-0.2, 0) is 14.4 Å². The molecular weight excluding hydrogens is 549 g/mol. The number of rotatable bonds is 10. The zero-order chi connectivity index (χ0) is 25.8. The van der Waals surface area contributed by atoms with Gasteiger partial charge in [-0.1, -0.05) is 34.7 Å². The van der Waals surface area contributed by atoms with E-state index in [-0.39, 0.29) is 17.2 Å². The minimum absolute atomic E-state index is 0.0253. The van der Waals surface area contributed by atoms with Gasteiger partial charge in [0.25, 0.3) is 11.8 Å². The Labute approximate surface area is 221 Å². The molecule has 2 atom stereocenters. The SMILES string of the molecule is NCCCSc1nsc(SC2=C(C(=O)O)N3C(=O)[C@@H](NC(=O)/C(=N/O)c4cccc(N)n4)[C@H]3SC2)n1. The third kappa shape index (κ3) is 5.44. The molecule has 2 aromatic heterocycles. The fourth-order valence-electron chi connectivity index (χ4n) is 3.32. The highest BCUT2D eigenvalue weighted by molar-refractivity contribution is 8.07. The van der Waals surface area contributed by atoms with E-state index in [0.29, 0.717) is 26.7 Å². The molecule has 2 aliphatic heterocycles. The van der Waals surface area contributed by atoms with Gasteiger partial charge in [-0.15, -0.1) is 11.8 Å². The molecule has 17 heteroatoms. The molecule has 0 unspecified atom stereocenters. The first-order chi connectivity index (χ1) is 17.3. The number of aliphatic carboxylic acids is 1. The lowest BCUT2D eigenvalue weighted by molar-refractivity contribution is -0.150. The molecule has 0 spiro atoms. The summed E-state index contributed by atoms with van der Waals surface area (Å²) < 4.78 is 4.83. The fourth-order valence-corrected chi connectivity index (χ4v) is 7.56. The van der Waals surface area contributed by atoms with Crippen LogP contribution < -0.4 is 16.8 Å². The van der Waals surface area contributed by atoms with Crippen molar-refractivity contribution in [2.24, 2.45) is 10.9 Å². The van der Waals surface area contributed by atoms with Gasteiger partial charge in [-0.25, -0.2) is 14.8 Å². The van der Waals surface area contributed by atoms with Crippen molar-refractivity contribution in [3.63, 3.8) is 0 Å². The summed E-state index contributed by atoms with van der Waals surface area (Å²) in [5, 5.41) is 24.7. The molecule has 1 saturated heterocycles. The number of carbonyl (C=O) groups excluding carboxylic acids is 2. The summed E-state index contributed by atoms with van der Waals surface area (Å²) in [4.78, 5) is 47.7. The number of fused-ring (bicyclic) bond motifs is 1. The summed E-state index contributed by atoms with van der Waals surface area (Å²) >= 11 is 5.08. The lowest BCUT2D eigenvalue weighted by Crippen LogP contribution is -2.71. The van der Waals surface area contributed by atoms with Gasteiger partial charge >= 0.3 is 5.97 Å². The van der Waals surface area contributed by atoms with E-state index in [1.54, 1.807) is 0 Å². The highest BCUT2D eigenvalue weighted by Gasteiger charge is 2.54. The van der Waals surface area contributed by atoms with Crippen molar-refractivity contribution < 1.29 is 24.7 Å². The van der Waals surface area contributed by atoms with Crippen molar-refractivity contribution in [3.8, 4) is 0 Å². The first-order valence-electron chi connectivity index (χ1n) is 10.4. The molecule has 7 N–H and O–H groups in total. The molecule has 2 aromatic rings. The van der Waals surface area contributed by atoms with Gasteiger partial charge in [0.1, 0.15) is 28.6 Å². The molecule has 0 radical (unpaired) electrons. The van der Waals surface area contributed by atoms with Crippen LogP contribution in [0.15, 0.2) is 43.5 Å². The maximum Gasteiger partial charge on any atom is 0.353 e. The summed E-state index contributed by atoms with van der Waals surface area (Å²) in [6, 6.07) is 3.46. The van der Waals surface area contributed by atoms with Crippen molar-refractivity contribution >= 4 is 76.1 Å². The number of nitrogens with one attached hydrogen (secondary N) is 1. The number of carboxylic acids is 1. The smallest absolute Gasteiger partial charge is 0.353 e. The molecule has 4 heterocycles. The Balaban J connectivity index is 1.47. The van der Waals surface area contributed by atoms with E-state index in [4.69, 9.17) is 11.5 Å². The standard InChI is InChI=1S/C19H20N8O5S4/c20-5-2-6-33-18-24-19(36-26-18)35-9-7-34-16-12(15(29)27(16)13(9)17(30)31)23-14(28)11(25-32)8-3-1-4-10(21)22-8/h1,3-4,12,16,32H,2,5-7,20H2,(H2,21,22)(H,23,28)(H,30,31)/b25-11+/t12-,16-/m1/s1. The second-order valence-corrected chi connectivity index (χ2v) is 11.5. The van der Waals surface area contributed by atoms with Crippen molar-refractivity contribution in [3.05, 3.63) is 34.5 Å². The van der Waals surface area contributed by atoms with Gasteiger partial charge in [0.05, 0.1) is 0 Å². The minimum atomic E-state index is -1.26. The maximum absolute atomic E-state index is 12.9. The minimum Gasteiger partial charge on any atom is -0.477 e. The number of amides is 2. The van der Waals surface area contributed by atoms with Gasteiger partial charge in [-0.05, 0) is 36.6 Å². The Bertz CT molecular complexity index is 1250. The monoisotopic (exact) mass is 568 g/mol. The van der Waals surface area contributed by atoms with Gasteiger partial charge in [0.2, 0.25) is 5.16 Å². The summed E-state index contributed by atoms with van der Waals surface area (Å²) in [7, 11) is 0. The number of carboxylic acid groups (broad SMARTS) is 1. The number of aromatic nitrogens is 3. The second-order valence-electron chi connectivity index (χ2n) is 7.27. The lowest BCUT2D eigenvalue weighted by Gasteiger charge is -2.49. The van der Waals surface area contributed by atoms with E-state index in [1.165, 1.54) is 41.7 Å². The van der Waals surface area contributed by atoms with Gasteiger partial charge in [-0.3, -0.25) is 14.5 Å². The highest BCUT2D eigenvalue weighted by atomic mass is 32.2. The van der Waals surface area contributed by atoms with Crippen molar-refractivity contribution in [2.75, 3.05) is 23.8 Å². The number of thioether (sulfide) groups is 3. The third-order valence-electron chi connectivity index (χ3n) is 4.93. The predicted octanol–water partition coefficient (Wildman–Crippen LogP) is 0.623. The summed E-state index contributed by atoms with van der Waals surface area (Å²) in [5.74, 6) is -1.50. The molecule has 0 bridgehead atoms. The summed E-state index contributed by atoms with van der Waals surface area (Å²) in [5.41, 5.74) is 10.6. The van der Waals surface area contributed by atoms with Crippen molar-refractivity contribution in [1.82, 2.24) is 24.6 Å². The molecule has 0 aliphatic carbocycles. The van der Waals surface area contributed by atoms with Crippen LogP contribution in [0.25, 0.3) is 0 Å². The molecule has 4 rings (SSSR count). The third-order valence-corrected chi connectivity index (χ3v) is 9.28. The van der Waals surface area contributed by atoms with Crippen LogP contribution in [0.3, 0.4) is 0 Å². The Morgan fingerprint density at radius 1 is 1.33 bits per heavy atom. The Hall–Kier alpha value is -2.86. The maximum atomic E-state index is 12.9. The number of carbonyl (C=O) groups is 3. The average Bonchev–Trinajstić information content (AvgIpc) is 3.30. The topological polar surface area (TPSA) is 210 Å². The first-order valence-corrected chi connectivity index (χ1v) is 14.0. The Morgan fingerprint density at radius 3 is 2.83 bits per heavy atom. The molecule has 13 nitrogen and oxygen atoms in total. The highest BCUT2D eigenvalue weighted by Crippen LogP contribution is 2.45. The molecule has 2 aliphatic rings. The van der Waals surface area contributed by atoms with Gasteiger partial charge in [-0.2, -0.15) is 4.37 Å². The number of pyridine rings is 1. The number of β-lactam (4-membered cyclic amide) rings is 1. The number of hydrogen-bond acceptors (Lipinski definition) is 14. The number of nitrogens with two attached hydrogens (primary N) is 2. The molecule has 0 aromatic carbocycles. The fraction of sp³-hybridized carbons (Fsp3) is 0.316. The van der Waals surface area contributed by atoms with Gasteiger partial charge in [0.15, 0.2) is 10.1 Å². The van der Waals surface area contributed by atoms with Gasteiger partial charge < -0.3 is 27.1 Å². The van der Waals surface area contributed by atoms with Crippen LogP contribution in [0.5, 0.6) is 0 Å². The molecular formula is C19H20N8O5S4. The molecule has 190 valence electrons. The molecule has 0 saturated carbocycles. The van der Waals surface area contributed by atoms with Crippen molar-refractivity contribution in [2.45, 2.75) is 27.3 Å². The number of oxime groups is 1. The normalized spacial score (nSPS) is 19.6. The van der Waals surface area contributed by atoms with E-state index < -0.39 is 34.9 Å². The number of hydrogen-bond donors (Lipinski definition) is 5. The zero-order valence-corrected chi connectivity index (χ0v) is 21.6. The van der Waals surface area contributed by atoms with Crippen LogP contribution in [-0.4, -0.2) is 82.5 Å². The van der Waals surface area contributed by atoms with Crippen LogP contribution in [0, 0.1) is 0 Å². The van der Waals surface area contributed by atoms with E-state index in [1.807, 2.05) is 0 Å². The lowest BCUT2D eigenvalue weighted by atomic mass is 10.0. The van der Waals surface area contributed by atoms with Crippen molar-refractivity contribution in [1.29, 1.82) is 0 Å². The molecule has 1 fully saturated rings. The van der Waals surface area contributed by atoms with Crippen LogP contribution in [0.1, 0.15) is 12.1 Å². The average molecular weight is 569 g/mol. The quantitative estimate of drug-likeness (QED) is 0.0665. The predicted molar refractivity (Wildman–Crippen MR) is 137 cm³/mol. The summed E-state index contributed by atoms with van der Waals surface area (Å²) in [6.07, 6.45) is 0.828. The van der Waals surface area contributed by atoms with E-state index >= 15 is 0 Å². The number of nitrogens with zero attached hydrogens (tertiary/aromatic N) is 5. The van der Waals surface area contributed by atoms with Crippen LogP contribution >= 0.6 is 46.8 Å². The number of anilines is 1. The number of nitrogen functional groups attached to an aromatic ring is 1. The van der Waals surface area contributed by atoms with Gasteiger partial charge in [0, 0.05) is 16.4 Å². The van der Waals surface area contributed by atoms with E-state index in [0.717, 1.165) is 40.4 Å². The second kappa shape index (κ2) is 11.5. The molecule has 36 heavy (non-hydrogen) atoms. The van der Waals surface area contributed by atoms with E-state index in [2.05, 4.69) is 24.8 Å². The summed E-state index contributed by atoms with van der Waals surface area (Å²) in [6.45, 7) is 0.573.